The molecule has 228 valence electrons. The summed E-state index contributed by atoms with van der Waals surface area (Å²) >= 11 is 0. The molecule has 44 heavy (non-hydrogen) atoms. The van der Waals surface area contributed by atoms with Crippen LogP contribution < -0.4 is 4.90 Å². The molecule has 12 heteroatoms. The number of ether oxygens (including phenoxy) is 1. The molecule has 2 fully saturated rings. The first kappa shape index (κ1) is 28.6. The fourth-order valence-electron chi connectivity index (χ4n) is 6.19. The van der Waals surface area contributed by atoms with Crippen molar-refractivity contribution < 1.29 is 13.2 Å². The molecule has 0 saturated carbocycles. The van der Waals surface area contributed by atoms with Crippen LogP contribution in [0, 0.1) is 6.92 Å². The van der Waals surface area contributed by atoms with E-state index in [-0.39, 0.29) is 10.5 Å². The molecule has 7 rings (SSSR count). The van der Waals surface area contributed by atoms with Crippen molar-refractivity contribution in [3.63, 3.8) is 0 Å². The number of hydrogen-bond acceptors (Lipinski definition) is 9. The number of aryl methyl sites for hydroxylation is 1. The number of nitrogens with zero attached hydrogens (tertiary/aromatic N) is 8. The lowest BCUT2D eigenvalue weighted by Crippen LogP contribution is -2.37. The Kier molecular flexibility index (Phi) is 7.65. The zero-order valence-electron chi connectivity index (χ0n) is 25.0. The van der Waals surface area contributed by atoms with Crippen LogP contribution in [-0.2, 0) is 14.8 Å². The first-order chi connectivity index (χ1) is 21.4. The van der Waals surface area contributed by atoms with Crippen molar-refractivity contribution in [2.75, 3.05) is 50.8 Å². The van der Waals surface area contributed by atoms with E-state index in [1.807, 2.05) is 24.0 Å². The molecule has 0 unspecified atom stereocenters. The Hall–Kier alpha value is -4.13. The number of anilines is 1. The van der Waals surface area contributed by atoms with Crippen LogP contribution in [0.15, 0.2) is 72.3 Å². The number of likely N-dealkylation sites (tertiary alicyclic amines) is 1. The Morgan fingerprint density at radius 2 is 1.70 bits per heavy atom. The number of morpholine rings is 1. The van der Waals surface area contributed by atoms with E-state index >= 15 is 0 Å². The third-order valence-electron chi connectivity index (χ3n) is 8.71. The van der Waals surface area contributed by atoms with Crippen molar-refractivity contribution >= 4 is 27.0 Å². The van der Waals surface area contributed by atoms with Gasteiger partial charge in [0.05, 0.1) is 42.2 Å². The Balaban J connectivity index is 1.31. The quantitative estimate of drug-likeness (QED) is 0.264. The van der Waals surface area contributed by atoms with Crippen LogP contribution in [0.5, 0.6) is 0 Å². The molecule has 2 aliphatic heterocycles. The zero-order valence-corrected chi connectivity index (χ0v) is 25.8. The van der Waals surface area contributed by atoms with E-state index in [2.05, 4.69) is 27.8 Å². The number of piperidine rings is 1. The number of rotatable bonds is 7. The predicted molar refractivity (Wildman–Crippen MR) is 169 cm³/mol. The van der Waals surface area contributed by atoms with E-state index < -0.39 is 10.0 Å². The number of benzene rings is 1. The molecular formula is C32H36N8O3S. The van der Waals surface area contributed by atoms with Gasteiger partial charge in [0, 0.05) is 61.5 Å². The van der Waals surface area contributed by atoms with Crippen LogP contribution >= 0.6 is 0 Å². The summed E-state index contributed by atoms with van der Waals surface area (Å²) in [6, 6.07) is 10.8. The second-order valence-electron chi connectivity index (χ2n) is 11.4. The Morgan fingerprint density at radius 1 is 0.932 bits per heavy atom. The van der Waals surface area contributed by atoms with Crippen molar-refractivity contribution in [1.82, 2.24) is 33.6 Å². The highest BCUT2D eigenvalue weighted by atomic mass is 32.2. The van der Waals surface area contributed by atoms with Gasteiger partial charge in [-0.1, -0.05) is 25.1 Å². The number of fused-ring (bicyclic) bond motifs is 1. The highest BCUT2D eigenvalue weighted by Gasteiger charge is 2.26. The van der Waals surface area contributed by atoms with E-state index in [0.717, 1.165) is 68.1 Å². The van der Waals surface area contributed by atoms with Crippen LogP contribution in [0.25, 0.3) is 33.5 Å². The SMILES string of the molecule is CCN1CCC(n2cc(-c3cn(S(=O)(=O)c4ccccc4)c4ncc(-c5cnc(N6CCOCC6)c(C)c5)nc34)cn2)CC1. The van der Waals surface area contributed by atoms with E-state index in [0.29, 0.717) is 36.0 Å². The second-order valence-corrected chi connectivity index (χ2v) is 13.2. The van der Waals surface area contributed by atoms with Crippen molar-refractivity contribution in [3.05, 3.63) is 72.9 Å². The topological polar surface area (TPSA) is 111 Å². The summed E-state index contributed by atoms with van der Waals surface area (Å²) in [5.41, 5.74) is 4.71. The largest absolute Gasteiger partial charge is 0.378 e. The van der Waals surface area contributed by atoms with Gasteiger partial charge >= 0.3 is 0 Å². The summed E-state index contributed by atoms with van der Waals surface area (Å²) in [5, 5.41) is 4.72. The lowest BCUT2D eigenvalue weighted by atomic mass is 10.1. The fraction of sp³-hybridized carbons (Fsp3) is 0.375. The molecular weight excluding hydrogens is 576 g/mol. The first-order valence-corrected chi connectivity index (χ1v) is 16.6. The molecule has 2 aliphatic rings. The van der Waals surface area contributed by atoms with E-state index in [9.17, 15) is 8.42 Å². The molecule has 0 atom stereocenters. The number of hydrogen-bond donors (Lipinski definition) is 0. The first-order valence-electron chi connectivity index (χ1n) is 15.2. The third-order valence-corrected chi connectivity index (χ3v) is 10.4. The molecule has 11 nitrogen and oxygen atoms in total. The van der Waals surface area contributed by atoms with Crippen LogP contribution in [-0.4, -0.2) is 88.0 Å². The van der Waals surface area contributed by atoms with Crippen molar-refractivity contribution in [3.8, 4) is 22.4 Å². The van der Waals surface area contributed by atoms with E-state index in [1.54, 1.807) is 48.9 Å². The maximum absolute atomic E-state index is 13.8. The number of pyridine rings is 1. The molecule has 0 radical (unpaired) electrons. The summed E-state index contributed by atoms with van der Waals surface area (Å²) in [6.07, 6.45) is 10.9. The summed E-state index contributed by atoms with van der Waals surface area (Å²) in [7, 11) is -3.92. The Labute approximate surface area is 257 Å². The molecule has 5 aromatic rings. The molecule has 2 saturated heterocycles. The molecule has 0 N–H and O–H groups in total. The van der Waals surface area contributed by atoms with E-state index in [1.165, 1.54) is 3.97 Å². The monoisotopic (exact) mass is 612 g/mol. The minimum absolute atomic E-state index is 0.186. The molecule has 0 spiro atoms. The van der Waals surface area contributed by atoms with Gasteiger partial charge in [-0.15, -0.1) is 0 Å². The molecule has 6 heterocycles. The normalized spacial score (nSPS) is 17.0. The van der Waals surface area contributed by atoms with Crippen molar-refractivity contribution in [2.24, 2.45) is 0 Å². The smallest absolute Gasteiger partial charge is 0.269 e. The van der Waals surface area contributed by atoms with Gasteiger partial charge in [-0.2, -0.15) is 5.10 Å². The van der Waals surface area contributed by atoms with Gasteiger partial charge < -0.3 is 14.5 Å². The van der Waals surface area contributed by atoms with Gasteiger partial charge in [0.15, 0.2) is 5.65 Å². The standard InChI is InChI=1S/C32H36N8O3S/c1-3-37-11-9-26(10-12-37)39-21-25(19-35-39)28-22-40(44(41,42)27-7-5-4-6-8-27)32-30(28)36-29(20-34-32)24-17-23(2)31(33-18-24)38-13-15-43-16-14-38/h4-8,17-22,26H,3,9-16H2,1-2H3. The number of aromatic nitrogens is 6. The van der Waals surface area contributed by atoms with Crippen molar-refractivity contribution in [1.29, 1.82) is 0 Å². The highest BCUT2D eigenvalue weighted by molar-refractivity contribution is 7.90. The summed E-state index contributed by atoms with van der Waals surface area (Å²) in [4.78, 5) is 19.3. The van der Waals surface area contributed by atoms with Gasteiger partial charge in [-0.3, -0.25) is 4.68 Å². The van der Waals surface area contributed by atoms with Gasteiger partial charge in [-0.05, 0) is 50.1 Å². The summed E-state index contributed by atoms with van der Waals surface area (Å²) in [5.74, 6) is 0.934. The van der Waals surface area contributed by atoms with Crippen LogP contribution in [0.4, 0.5) is 5.82 Å². The lowest BCUT2D eigenvalue weighted by Gasteiger charge is -2.31. The van der Waals surface area contributed by atoms with Crippen LogP contribution in [0.2, 0.25) is 0 Å². The molecule has 0 amide bonds. The minimum atomic E-state index is -3.92. The van der Waals surface area contributed by atoms with Crippen molar-refractivity contribution in [2.45, 2.75) is 37.6 Å². The molecule has 4 aromatic heterocycles. The van der Waals surface area contributed by atoms with Crippen LogP contribution in [0.1, 0.15) is 31.4 Å². The van der Waals surface area contributed by atoms with Gasteiger partial charge in [0.1, 0.15) is 11.3 Å². The van der Waals surface area contributed by atoms with Gasteiger partial charge in [0.2, 0.25) is 0 Å². The molecule has 1 aromatic carbocycles. The Bertz CT molecular complexity index is 1890. The summed E-state index contributed by atoms with van der Waals surface area (Å²) < 4.78 is 36.4. The van der Waals surface area contributed by atoms with Gasteiger partial charge in [-0.25, -0.2) is 27.3 Å². The average molecular weight is 613 g/mol. The lowest BCUT2D eigenvalue weighted by molar-refractivity contribution is 0.122. The maximum Gasteiger partial charge on any atom is 0.269 e. The third kappa shape index (κ3) is 5.27. The molecule has 0 aliphatic carbocycles. The second kappa shape index (κ2) is 11.8. The maximum atomic E-state index is 13.8. The van der Waals surface area contributed by atoms with E-state index in [4.69, 9.17) is 19.8 Å². The molecule has 0 bridgehead atoms. The fourth-order valence-corrected chi connectivity index (χ4v) is 7.53. The zero-order chi connectivity index (χ0) is 30.3. The predicted octanol–water partition coefficient (Wildman–Crippen LogP) is 4.40. The van der Waals surface area contributed by atoms with Gasteiger partial charge in [0.25, 0.3) is 10.0 Å². The average Bonchev–Trinajstić information content (AvgIpc) is 3.71. The van der Waals surface area contributed by atoms with Crippen LogP contribution in [0.3, 0.4) is 0 Å². The minimum Gasteiger partial charge on any atom is -0.378 e. The highest BCUT2D eigenvalue weighted by Crippen LogP contribution is 2.34. The Morgan fingerprint density at radius 3 is 2.43 bits per heavy atom. The summed E-state index contributed by atoms with van der Waals surface area (Å²) in [6.45, 7) is 10.3.